The maximum absolute atomic E-state index is 11.6. The summed E-state index contributed by atoms with van der Waals surface area (Å²) in [6, 6.07) is -1.42. The number of carbonyl (C=O) groups excluding carboxylic acids is 1. The van der Waals surface area contributed by atoms with Gasteiger partial charge in [-0.1, -0.05) is 32.1 Å². The van der Waals surface area contributed by atoms with Crippen molar-refractivity contribution in [2.75, 3.05) is 13.6 Å². The minimum Gasteiger partial charge on any atom is -0.480 e. The molecular weight excluding hydrogens is 220 g/mol. The standard InChI is InChI=1S/C12H22N2O3/c1-14(11(15)10(13)12(16)17)8-7-9-5-3-2-4-6-9/h9-10H,2-8,13H2,1H3,(H,16,17). The predicted molar refractivity (Wildman–Crippen MR) is 64.4 cm³/mol. The van der Waals surface area contributed by atoms with Crippen LogP contribution in [-0.2, 0) is 9.59 Å². The van der Waals surface area contributed by atoms with Crippen LogP contribution in [0.25, 0.3) is 0 Å². The average molecular weight is 242 g/mol. The lowest BCUT2D eigenvalue weighted by molar-refractivity contribution is -0.146. The topological polar surface area (TPSA) is 83.6 Å². The first-order valence-electron chi connectivity index (χ1n) is 6.25. The van der Waals surface area contributed by atoms with Gasteiger partial charge in [-0.25, -0.2) is 4.79 Å². The van der Waals surface area contributed by atoms with E-state index in [0.717, 1.165) is 6.42 Å². The van der Waals surface area contributed by atoms with Gasteiger partial charge in [0.2, 0.25) is 0 Å². The van der Waals surface area contributed by atoms with E-state index in [1.54, 1.807) is 7.05 Å². The molecule has 1 atom stereocenters. The van der Waals surface area contributed by atoms with Gasteiger partial charge in [-0.05, 0) is 12.3 Å². The van der Waals surface area contributed by atoms with Gasteiger partial charge >= 0.3 is 5.97 Å². The van der Waals surface area contributed by atoms with Crippen LogP contribution in [0.3, 0.4) is 0 Å². The first-order chi connectivity index (χ1) is 8.02. The van der Waals surface area contributed by atoms with E-state index >= 15 is 0 Å². The highest BCUT2D eigenvalue weighted by Crippen LogP contribution is 2.26. The third-order valence-corrected chi connectivity index (χ3v) is 3.51. The zero-order valence-electron chi connectivity index (χ0n) is 10.4. The van der Waals surface area contributed by atoms with Crippen LogP contribution in [-0.4, -0.2) is 41.5 Å². The molecule has 17 heavy (non-hydrogen) atoms. The van der Waals surface area contributed by atoms with Crippen LogP contribution in [0.15, 0.2) is 0 Å². The fourth-order valence-corrected chi connectivity index (χ4v) is 2.31. The highest BCUT2D eigenvalue weighted by molar-refractivity contribution is 6.00. The molecule has 0 saturated heterocycles. The summed E-state index contributed by atoms with van der Waals surface area (Å²) in [5.74, 6) is -1.09. The van der Waals surface area contributed by atoms with Crippen molar-refractivity contribution >= 4 is 11.9 Å². The minimum atomic E-state index is -1.42. The Labute approximate surface area is 102 Å². The molecule has 1 amide bonds. The number of aliphatic carboxylic acids is 1. The molecule has 0 aromatic carbocycles. The van der Waals surface area contributed by atoms with Crippen molar-refractivity contribution in [2.45, 2.75) is 44.6 Å². The Morgan fingerprint density at radius 2 is 1.94 bits per heavy atom. The van der Waals surface area contributed by atoms with Crippen molar-refractivity contribution < 1.29 is 14.7 Å². The summed E-state index contributed by atoms with van der Waals surface area (Å²) >= 11 is 0. The van der Waals surface area contributed by atoms with Crippen molar-refractivity contribution in [3.8, 4) is 0 Å². The van der Waals surface area contributed by atoms with Crippen molar-refractivity contribution in [1.29, 1.82) is 0 Å². The largest absolute Gasteiger partial charge is 0.480 e. The molecule has 0 heterocycles. The summed E-state index contributed by atoms with van der Waals surface area (Å²) in [6.07, 6.45) is 7.28. The van der Waals surface area contributed by atoms with Gasteiger partial charge in [0.05, 0.1) is 0 Å². The number of hydrogen-bond acceptors (Lipinski definition) is 3. The van der Waals surface area contributed by atoms with Gasteiger partial charge in [0.25, 0.3) is 5.91 Å². The van der Waals surface area contributed by atoms with Gasteiger partial charge in [0.1, 0.15) is 0 Å². The van der Waals surface area contributed by atoms with Gasteiger partial charge in [-0.3, -0.25) is 4.79 Å². The molecular formula is C12H22N2O3. The van der Waals surface area contributed by atoms with E-state index in [0.29, 0.717) is 12.5 Å². The maximum atomic E-state index is 11.6. The first-order valence-corrected chi connectivity index (χ1v) is 6.25. The Kier molecular flexibility index (Phi) is 5.41. The fourth-order valence-electron chi connectivity index (χ4n) is 2.31. The Morgan fingerprint density at radius 1 is 1.35 bits per heavy atom. The second kappa shape index (κ2) is 6.59. The zero-order chi connectivity index (χ0) is 12.8. The molecule has 0 radical (unpaired) electrons. The second-order valence-corrected chi connectivity index (χ2v) is 4.87. The number of rotatable bonds is 5. The van der Waals surface area contributed by atoms with Crippen LogP contribution in [0.1, 0.15) is 38.5 Å². The third kappa shape index (κ3) is 4.34. The van der Waals surface area contributed by atoms with Crippen LogP contribution >= 0.6 is 0 Å². The molecule has 0 aromatic rings. The quantitative estimate of drug-likeness (QED) is 0.699. The molecule has 1 aliphatic carbocycles. The van der Waals surface area contributed by atoms with Crippen molar-refractivity contribution in [1.82, 2.24) is 4.90 Å². The van der Waals surface area contributed by atoms with E-state index in [2.05, 4.69) is 0 Å². The normalized spacial score (nSPS) is 18.7. The second-order valence-electron chi connectivity index (χ2n) is 4.87. The molecule has 0 aliphatic heterocycles. The molecule has 1 fully saturated rings. The summed E-state index contributed by atoms with van der Waals surface area (Å²) in [7, 11) is 1.62. The molecule has 1 aliphatic rings. The van der Waals surface area contributed by atoms with Crippen LogP contribution in [0, 0.1) is 5.92 Å². The Bertz CT molecular complexity index is 275. The fraction of sp³-hybridized carbons (Fsp3) is 0.833. The first kappa shape index (κ1) is 14.0. The number of likely N-dealkylation sites (N-methyl/N-ethyl adjacent to an activating group) is 1. The van der Waals surface area contributed by atoms with E-state index < -0.39 is 17.9 Å². The molecule has 1 unspecified atom stereocenters. The highest BCUT2D eigenvalue weighted by Gasteiger charge is 2.25. The summed E-state index contributed by atoms with van der Waals surface area (Å²) in [6.45, 7) is 0.602. The minimum absolute atomic E-state index is 0.506. The lowest BCUT2D eigenvalue weighted by Crippen LogP contribution is -2.47. The van der Waals surface area contributed by atoms with E-state index in [-0.39, 0.29) is 0 Å². The molecule has 5 heteroatoms. The van der Waals surface area contributed by atoms with E-state index in [9.17, 15) is 9.59 Å². The van der Waals surface area contributed by atoms with Crippen LogP contribution in [0.4, 0.5) is 0 Å². The SMILES string of the molecule is CN(CCC1CCCCC1)C(=O)C(N)C(=O)O. The maximum Gasteiger partial charge on any atom is 0.330 e. The Hall–Kier alpha value is -1.10. The summed E-state index contributed by atoms with van der Waals surface area (Å²) < 4.78 is 0. The van der Waals surface area contributed by atoms with E-state index in [1.165, 1.54) is 37.0 Å². The summed E-state index contributed by atoms with van der Waals surface area (Å²) in [5.41, 5.74) is 5.28. The molecule has 0 spiro atoms. The molecule has 98 valence electrons. The van der Waals surface area contributed by atoms with Gasteiger partial charge in [-0.2, -0.15) is 0 Å². The molecule has 0 aromatic heterocycles. The smallest absolute Gasteiger partial charge is 0.330 e. The lowest BCUT2D eigenvalue weighted by Gasteiger charge is -2.25. The molecule has 3 N–H and O–H groups in total. The Morgan fingerprint density at radius 3 is 2.47 bits per heavy atom. The predicted octanol–water partition coefficient (Wildman–Crippen LogP) is 0.827. The van der Waals surface area contributed by atoms with E-state index in [4.69, 9.17) is 10.8 Å². The molecule has 1 rings (SSSR count). The van der Waals surface area contributed by atoms with Gasteiger partial charge < -0.3 is 15.7 Å². The van der Waals surface area contributed by atoms with Gasteiger partial charge in [0.15, 0.2) is 6.04 Å². The van der Waals surface area contributed by atoms with Crippen LogP contribution < -0.4 is 5.73 Å². The number of nitrogens with zero attached hydrogens (tertiary/aromatic N) is 1. The number of carbonyl (C=O) groups is 2. The molecule has 0 bridgehead atoms. The van der Waals surface area contributed by atoms with Crippen molar-refractivity contribution in [3.05, 3.63) is 0 Å². The van der Waals surface area contributed by atoms with Gasteiger partial charge in [0, 0.05) is 13.6 Å². The number of hydrogen-bond donors (Lipinski definition) is 2. The monoisotopic (exact) mass is 242 g/mol. The molecule has 5 nitrogen and oxygen atoms in total. The average Bonchev–Trinajstić information content (AvgIpc) is 2.35. The number of carboxylic acid groups (broad SMARTS) is 1. The third-order valence-electron chi connectivity index (χ3n) is 3.51. The van der Waals surface area contributed by atoms with E-state index in [1.807, 2.05) is 0 Å². The van der Waals surface area contributed by atoms with Gasteiger partial charge in [-0.15, -0.1) is 0 Å². The number of nitrogens with two attached hydrogens (primary N) is 1. The summed E-state index contributed by atoms with van der Waals surface area (Å²) in [4.78, 5) is 23.6. The zero-order valence-corrected chi connectivity index (χ0v) is 10.4. The Balaban J connectivity index is 2.30. The summed E-state index contributed by atoms with van der Waals surface area (Å²) in [5, 5.41) is 8.65. The number of carboxylic acids is 1. The van der Waals surface area contributed by atoms with Crippen molar-refractivity contribution in [2.24, 2.45) is 11.7 Å². The van der Waals surface area contributed by atoms with Crippen LogP contribution in [0.2, 0.25) is 0 Å². The van der Waals surface area contributed by atoms with Crippen LogP contribution in [0.5, 0.6) is 0 Å². The number of amides is 1. The molecule has 1 saturated carbocycles. The van der Waals surface area contributed by atoms with Crippen molar-refractivity contribution in [3.63, 3.8) is 0 Å². The lowest BCUT2D eigenvalue weighted by atomic mass is 9.87. The highest BCUT2D eigenvalue weighted by atomic mass is 16.4.